The summed E-state index contributed by atoms with van der Waals surface area (Å²) in [6, 6.07) is 8.49. The molecule has 2 aromatic rings. The predicted octanol–water partition coefficient (Wildman–Crippen LogP) is 2.89. The van der Waals surface area contributed by atoms with E-state index in [1.165, 1.54) is 24.3 Å². The van der Waals surface area contributed by atoms with Crippen molar-refractivity contribution < 1.29 is 14.3 Å². The van der Waals surface area contributed by atoms with Crippen LogP contribution in [0.25, 0.3) is 0 Å². The Balaban J connectivity index is 2.10. The van der Waals surface area contributed by atoms with Crippen LogP contribution in [0.2, 0.25) is 0 Å². The molecule has 5 nitrogen and oxygen atoms in total. The maximum Gasteiger partial charge on any atom is 0.255 e. The molecule has 0 radical (unpaired) electrons. The van der Waals surface area contributed by atoms with Crippen LogP contribution >= 0.6 is 0 Å². The van der Waals surface area contributed by atoms with Crippen molar-refractivity contribution >= 4 is 11.7 Å². The van der Waals surface area contributed by atoms with Gasteiger partial charge in [-0.15, -0.1) is 0 Å². The number of pyridine rings is 1. The molecule has 1 aromatic heterocycles. The molecule has 1 heterocycles. The van der Waals surface area contributed by atoms with Crippen LogP contribution in [0.15, 0.2) is 42.6 Å². The number of carbonyl (C=O) groups is 1. The van der Waals surface area contributed by atoms with E-state index in [0.717, 1.165) is 0 Å². The first-order valence-corrected chi connectivity index (χ1v) is 7.84. The number of nitrogens with one attached hydrogen (secondary N) is 2. The predicted molar refractivity (Wildman–Crippen MR) is 91.3 cm³/mol. The molecule has 6 heteroatoms. The van der Waals surface area contributed by atoms with Crippen molar-refractivity contribution in [1.29, 1.82) is 0 Å². The van der Waals surface area contributed by atoms with E-state index >= 15 is 0 Å². The molecule has 0 saturated heterocycles. The molecule has 24 heavy (non-hydrogen) atoms. The minimum absolute atomic E-state index is 0.133. The fourth-order valence-electron chi connectivity index (χ4n) is 2.29. The number of amides is 1. The van der Waals surface area contributed by atoms with Gasteiger partial charge in [-0.25, -0.2) is 9.37 Å². The van der Waals surface area contributed by atoms with Crippen molar-refractivity contribution in [3.8, 4) is 0 Å². The van der Waals surface area contributed by atoms with Gasteiger partial charge in [0.25, 0.3) is 5.91 Å². The van der Waals surface area contributed by atoms with Gasteiger partial charge in [0.05, 0.1) is 17.7 Å². The summed E-state index contributed by atoms with van der Waals surface area (Å²) >= 11 is 0. The first-order valence-electron chi connectivity index (χ1n) is 7.84. The SMILES string of the molecule is CC(C)Nc1ncccc1C(=O)NC(C)C(O)c1ccc(F)cc1. The summed E-state index contributed by atoms with van der Waals surface area (Å²) in [6.07, 6.45) is 0.672. The fourth-order valence-corrected chi connectivity index (χ4v) is 2.29. The van der Waals surface area contributed by atoms with E-state index in [9.17, 15) is 14.3 Å². The first-order chi connectivity index (χ1) is 11.4. The third kappa shape index (κ3) is 4.52. The number of carbonyl (C=O) groups excluding carboxylic acids is 1. The molecule has 2 unspecified atom stereocenters. The van der Waals surface area contributed by atoms with Crippen LogP contribution in [0.4, 0.5) is 10.2 Å². The molecule has 0 fully saturated rings. The zero-order chi connectivity index (χ0) is 17.7. The number of benzene rings is 1. The monoisotopic (exact) mass is 331 g/mol. The lowest BCUT2D eigenvalue weighted by Gasteiger charge is -2.21. The van der Waals surface area contributed by atoms with E-state index < -0.39 is 12.1 Å². The van der Waals surface area contributed by atoms with Gasteiger partial charge in [0.15, 0.2) is 0 Å². The highest BCUT2D eigenvalue weighted by Gasteiger charge is 2.21. The molecule has 128 valence electrons. The van der Waals surface area contributed by atoms with E-state index in [0.29, 0.717) is 16.9 Å². The van der Waals surface area contributed by atoms with Gasteiger partial charge < -0.3 is 15.7 Å². The van der Waals surface area contributed by atoms with Crippen molar-refractivity contribution in [3.05, 3.63) is 59.5 Å². The molecule has 1 amide bonds. The Labute approximate surface area is 140 Å². The standard InChI is InChI=1S/C18H22FN3O2/c1-11(2)21-17-15(5-4-10-20-17)18(24)22-12(3)16(23)13-6-8-14(19)9-7-13/h4-12,16,23H,1-3H3,(H,20,21)(H,22,24). The third-order valence-electron chi connectivity index (χ3n) is 3.52. The Morgan fingerprint density at radius 3 is 2.46 bits per heavy atom. The molecule has 0 aliphatic carbocycles. The summed E-state index contributed by atoms with van der Waals surface area (Å²) in [7, 11) is 0. The van der Waals surface area contributed by atoms with Gasteiger partial charge in [-0.1, -0.05) is 12.1 Å². The molecule has 2 atom stereocenters. The average Bonchev–Trinajstić information content (AvgIpc) is 2.54. The lowest BCUT2D eigenvalue weighted by molar-refractivity contribution is 0.0852. The first kappa shape index (κ1) is 17.9. The molecule has 0 aliphatic heterocycles. The van der Waals surface area contributed by atoms with Crippen molar-refractivity contribution in [3.63, 3.8) is 0 Å². The van der Waals surface area contributed by atoms with E-state index in [1.54, 1.807) is 25.3 Å². The fraction of sp³-hybridized carbons (Fsp3) is 0.333. The molecule has 0 aliphatic rings. The van der Waals surface area contributed by atoms with Gasteiger partial charge in [-0.05, 0) is 50.6 Å². The second-order valence-electron chi connectivity index (χ2n) is 5.96. The summed E-state index contributed by atoms with van der Waals surface area (Å²) in [5.41, 5.74) is 0.945. The van der Waals surface area contributed by atoms with Crippen LogP contribution in [0.5, 0.6) is 0 Å². The number of hydrogen-bond donors (Lipinski definition) is 3. The number of hydrogen-bond acceptors (Lipinski definition) is 4. The average molecular weight is 331 g/mol. The van der Waals surface area contributed by atoms with E-state index in [-0.39, 0.29) is 17.8 Å². The summed E-state index contributed by atoms with van der Waals surface area (Å²) in [5, 5.41) is 16.2. The molecule has 0 saturated carbocycles. The van der Waals surface area contributed by atoms with E-state index in [4.69, 9.17) is 0 Å². The van der Waals surface area contributed by atoms with Gasteiger partial charge in [-0.2, -0.15) is 0 Å². The summed E-state index contributed by atoms with van der Waals surface area (Å²) in [6.45, 7) is 5.60. The largest absolute Gasteiger partial charge is 0.386 e. The number of halogens is 1. The second kappa shape index (κ2) is 7.88. The molecule has 0 spiro atoms. The normalized spacial score (nSPS) is 13.4. The number of anilines is 1. The van der Waals surface area contributed by atoms with Crippen molar-refractivity contribution in [2.45, 2.75) is 39.0 Å². The Morgan fingerprint density at radius 1 is 1.17 bits per heavy atom. The number of aliphatic hydroxyl groups excluding tert-OH is 1. The highest BCUT2D eigenvalue weighted by molar-refractivity contribution is 5.98. The number of nitrogens with zero attached hydrogens (tertiary/aromatic N) is 1. The third-order valence-corrected chi connectivity index (χ3v) is 3.52. The quantitative estimate of drug-likeness (QED) is 0.761. The van der Waals surface area contributed by atoms with Crippen LogP contribution in [0.3, 0.4) is 0 Å². The van der Waals surface area contributed by atoms with Gasteiger partial charge >= 0.3 is 0 Å². The van der Waals surface area contributed by atoms with Gasteiger partial charge in [-0.3, -0.25) is 4.79 Å². The number of rotatable bonds is 6. The van der Waals surface area contributed by atoms with E-state index in [1.807, 2.05) is 13.8 Å². The minimum atomic E-state index is -0.937. The molecular weight excluding hydrogens is 309 g/mol. The Bertz CT molecular complexity index is 689. The van der Waals surface area contributed by atoms with E-state index in [2.05, 4.69) is 15.6 Å². The highest BCUT2D eigenvalue weighted by Crippen LogP contribution is 2.19. The molecule has 2 rings (SSSR count). The van der Waals surface area contributed by atoms with Gasteiger partial charge in [0, 0.05) is 12.2 Å². The Kier molecular flexibility index (Phi) is 5.87. The highest BCUT2D eigenvalue weighted by atomic mass is 19.1. The topological polar surface area (TPSA) is 74.2 Å². The Hall–Kier alpha value is -2.47. The summed E-state index contributed by atoms with van der Waals surface area (Å²) in [5.74, 6) is -0.212. The molecular formula is C18H22FN3O2. The maximum absolute atomic E-state index is 13.0. The summed E-state index contributed by atoms with van der Waals surface area (Å²) < 4.78 is 13.0. The van der Waals surface area contributed by atoms with Crippen LogP contribution in [0, 0.1) is 5.82 Å². The maximum atomic E-state index is 13.0. The van der Waals surface area contributed by atoms with Crippen molar-refractivity contribution in [2.24, 2.45) is 0 Å². The molecule has 0 bridgehead atoms. The van der Waals surface area contributed by atoms with Crippen molar-refractivity contribution in [1.82, 2.24) is 10.3 Å². The zero-order valence-corrected chi connectivity index (χ0v) is 14.0. The lowest BCUT2D eigenvalue weighted by atomic mass is 10.0. The van der Waals surface area contributed by atoms with Crippen LogP contribution in [-0.4, -0.2) is 28.1 Å². The number of aliphatic hydroxyl groups is 1. The van der Waals surface area contributed by atoms with Crippen LogP contribution in [-0.2, 0) is 0 Å². The van der Waals surface area contributed by atoms with Gasteiger partial charge in [0.1, 0.15) is 11.6 Å². The van der Waals surface area contributed by atoms with Gasteiger partial charge in [0.2, 0.25) is 0 Å². The Morgan fingerprint density at radius 2 is 1.83 bits per heavy atom. The molecule has 3 N–H and O–H groups in total. The zero-order valence-electron chi connectivity index (χ0n) is 14.0. The minimum Gasteiger partial charge on any atom is -0.386 e. The second-order valence-corrected chi connectivity index (χ2v) is 5.96. The number of aromatic nitrogens is 1. The summed E-state index contributed by atoms with van der Waals surface area (Å²) in [4.78, 5) is 16.7. The smallest absolute Gasteiger partial charge is 0.255 e. The van der Waals surface area contributed by atoms with Crippen LogP contribution in [0.1, 0.15) is 42.8 Å². The van der Waals surface area contributed by atoms with Crippen molar-refractivity contribution in [2.75, 3.05) is 5.32 Å². The molecule has 1 aromatic carbocycles. The van der Waals surface area contributed by atoms with Crippen LogP contribution < -0.4 is 10.6 Å². The lowest BCUT2D eigenvalue weighted by Crippen LogP contribution is -2.37.